The first-order chi connectivity index (χ1) is 13.4. The lowest BCUT2D eigenvalue weighted by molar-refractivity contribution is -0.134. The van der Waals surface area contributed by atoms with Crippen LogP contribution in [-0.2, 0) is 14.3 Å². The number of rotatable bonds is 5. The Hall–Kier alpha value is -2.42. The molecule has 1 spiro atoms. The molecule has 8 nitrogen and oxygen atoms in total. The number of nitrogens with zero attached hydrogens (tertiary/aromatic N) is 1. The predicted octanol–water partition coefficient (Wildman–Crippen LogP) is 2.82. The van der Waals surface area contributed by atoms with Crippen LogP contribution < -0.4 is 10.6 Å². The highest BCUT2D eigenvalue weighted by Crippen LogP contribution is 2.33. The van der Waals surface area contributed by atoms with Gasteiger partial charge in [0.25, 0.3) is 5.91 Å². The van der Waals surface area contributed by atoms with Crippen molar-refractivity contribution in [3.63, 3.8) is 0 Å². The van der Waals surface area contributed by atoms with Gasteiger partial charge in [-0.05, 0) is 38.3 Å². The Morgan fingerprint density at radius 1 is 1.25 bits per heavy atom. The van der Waals surface area contributed by atoms with Crippen LogP contribution in [0.1, 0.15) is 60.7 Å². The number of carbonyl (C=O) groups excluding carboxylic acids is 4. The van der Waals surface area contributed by atoms with Gasteiger partial charge in [-0.15, -0.1) is 11.3 Å². The lowest BCUT2D eigenvalue weighted by Crippen LogP contribution is -2.47. The number of ether oxygens (including phenoxy) is 1. The Morgan fingerprint density at radius 3 is 2.57 bits per heavy atom. The van der Waals surface area contributed by atoms with E-state index in [0.29, 0.717) is 28.3 Å². The molecule has 4 amide bonds. The minimum Gasteiger partial charge on any atom is -0.462 e. The fraction of sp³-hybridized carbons (Fsp3) is 0.579. The first-order valence-electron chi connectivity index (χ1n) is 9.58. The summed E-state index contributed by atoms with van der Waals surface area (Å²) in [5, 5.41) is 5.96. The number of hydrogen-bond acceptors (Lipinski definition) is 6. The summed E-state index contributed by atoms with van der Waals surface area (Å²) >= 11 is 1.11. The number of thiophene rings is 1. The summed E-state index contributed by atoms with van der Waals surface area (Å²) in [7, 11) is 0. The van der Waals surface area contributed by atoms with Crippen molar-refractivity contribution in [2.75, 3.05) is 18.5 Å². The van der Waals surface area contributed by atoms with E-state index in [1.165, 1.54) is 0 Å². The fourth-order valence-electron chi connectivity index (χ4n) is 3.75. The van der Waals surface area contributed by atoms with E-state index in [1.807, 2.05) is 0 Å². The van der Waals surface area contributed by atoms with Crippen molar-refractivity contribution in [3.8, 4) is 0 Å². The monoisotopic (exact) mass is 407 g/mol. The smallest absolute Gasteiger partial charge is 0.348 e. The van der Waals surface area contributed by atoms with E-state index in [1.54, 1.807) is 19.9 Å². The lowest BCUT2D eigenvalue weighted by Gasteiger charge is -2.24. The van der Waals surface area contributed by atoms with Crippen LogP contribution in [0.3, 0.4) is 0 Å². The molecule has 152 valence electrons. The number of amides is 4. The van der Waals surface area contributed by atoms with Crippen molar-refractivity contribution in [1.29, 1.82) is 0 Å². The number of carbonyl (C=O) groups is 4. The fourth-order valence-corrected chi connectivity index (χ4v) is 4.74. The zero-order valence-electron chi connectivity index (χ0n) is 16.1. The summed E-state index contributed by atoms with van der Waals surface area (Å²) in [4.78, 5) is 50.9. The Labute approximate surface area is 167 Å². The molecule has 2 heterocycles. The summed E-state index contributed by atoms with van der Waals surface area (Å²) in [6.07, 6.45) is 5.09. The summed E-state index contributed by atoms with van der Waals surface area (Å²) in [5.74, 6) is -1.23. The molecule has 2 N–H and O–H groups in total. The molecule has 2 fully saturated rings. The Balaban J connectivity index is 1.65. The molecule has 1 aliphatic carbocycles. The first-order valence-corrected chi connectivity index (χ1v) is 10.4. The summed E-state index contributed by atoms with van der Waals surface area (Å²) in [6.45, 7) is 3.40. The normalized spacial score (nSPS) is 18.7. The topological polar surface area (TPSA) is 105 Å². The highest BCUT2D eigenvalue weighted by Gasteiger charge is 2.51. The van der Waals surface area contributed by atoms with Crippen molar-refractivity contribution < 1.29 is 23.9 Å². The van der Waals surface area contributed by atoms with E-state index >= 15 is 0 Å². The van der Waals surface area contributed by atoms with Gasteiger partial charge < -0.3 is 15.4 Å². The Bertz CT molecular complexity index is 795. The van der Waals surface area contributed by atoms with Gasteiger partial charge in [0.05, 0.1) is 11.6 Å². The van der Waals surface area contributed by atoms with E-state index in [2.05, 4.69) is 10.6 Å². The van der Waals surface area contributed by atoms with Gasteiger partial charge in [-0.25, -0.2) is 9.59 Å². The molecule has 1 aromatic rings. The van der Waals surface area contributed by atoms with Gasteiger partial charge in [0.15, 0.2) is 0 Å². The van der Waals surface area contributed by atoms with E-state index in [-0.39, 0.29) is 19.1 Å². The number of hydrogen-bond donors (Lipinski definition) is 2. The molecular formula is C19H25N3O5S. The van der Waals surface area contributed by atoms with Crippen LogP contribution in [-0.4, -0.2) is 47.4 Å². The van der Waals surface area contributed by atoms with Crippen molar-refractivity contribution in [1.82, 2.24) is 10.2 Å². The molecule has 0 radical (unpaired) electrons. The quantitative estimate of drug-likeness (QED) is 0.577. The van der Waals surface area contributed by atoms with Gasteiger partial charge in [-0.3, -0.25) is 14.5 Å². The number of aryl methyl sites for hydroxylation is 1. The van der Waals surface area contributed by atoms with Gasteiger partial charge in [-0.1, -0.05) is 25.7 Å². The second-order valence-electron chi connectivity index (χ2n) is 7.21. The highest BCUT2D eigenvalue weighted by molar-refractivity contribution is 7.18. The minimum absolute atomic E-state index is 0.270. The molecule has 0 unspecified atom stereocenters. The molecule has 0 atom stereocenters. The van der Waals surface area contributed by atoms with Crippen LogP contribution in [0.4, 0.5) is 9.80 Å². The third kappa shape index (κ3) is 4.04. The van der Waals surface area contributed by atoms with Crippen LogP contribution in [0.25, 0.3) is 0 Å². The Morgan fingerprint density at radius 2 is 1.93 bits per heavy atom. The van der Waals surface area contributed by atoms with Gasteiger partial charge >= 0.3 is 12.0 Å². The molecule has 1 aliphatic heterocycles. The van der Waals surface area contributed by atoms with Crippen molar-refractivity contribution >= 4 is 40.2 Å². The van der Waals surface area contributed by atoms with E-state index in [9.17, 15) is 19.2 Å². The molecule has 28 heavy (non-hydrogen) atoms. The summed E-state index contributed by atoms with van der Waals surface area (Å²) in [6, 6.07) is 1.16. The van der Waals surface area contributed by atoms with Crippen molar-refractivity contribution in [2.45, 2.75) is 57.9 Å². The zero-order valence-corrected chi connectivity index (χ0v) is 16.9. The highest BCUT2D eigenvalue weighted by atomic mass is 32.1. The molecule has 9 heteroatoms. The maximum Gasteiger partial charge on any atom is 0.348 e. The molecule has 1 aromatic heterocycles. The van der Waals surface area contributed by atoms with Crippen LogP contribution >= 0.6 is 11.3 Å². The SMILES string of the molecule is CCOC(=O)c1sc(NC(=O)CN2C(=O)NC3(CCCCCC3)C2=O)cc1C. The predicted molar refractivity (Wildman–Crippen MR) is 104 cm³/mol. The average Bonchev–Trinajstić information content (AvgIpc) is 2.97. The second kappa shape index (κ2) is 8.30. The molecule has 0 aromatic carbocycles. The molecule has 3 rings (SSSR count). The number of imide groups is 1. The lowest BCUT2D eigenvalue weighted by atomic mass is 9.90. The first kappa shape index (κ1) is 20.3. The van der Waals surface area contributed by atoms with Crippen molar-refractivity contribution in [2.24, 2.45) is 0 Å². The Kier molecular flexibility index (Phi) is 6.02. The van der Waals surface area contributed by atoms with E-state index < -0.39 is 23.4 Å². The second-order valence-corrected chi connectivity index (χ2v) is 8.26. The van der Waals surface area contributed by atoms with Gasteiger partial charge in [0.2, 0.25) is 5.91 Å². The summed E-state index contributed by atoms with van der Waals surface area (Å²) < 4.78 is 4.99. The van der Waals surface area contributed by atoms with Crippen LogP contribution in [0.15, 0.2) is 6.07 Å². The molecule has 0 bridgehead atoms. The van der Waals surface area contributed by atoms with E-state index in [0.717, 1.165) is 41.9 Å². The number of nitrogens with one attached hydrogen (secondary N) is 2. The van der Waals surface area contributed by atoms with Crippen LogP contribution in [0.2, 0.25) is 0 Å². The summed E-state index contributed by atoms with van der Waals surface area (Å²) in [5.41, 5.74) is -0.157. The standard InChI is InChI=1S/C19H25N3O5S/c1-3-27-16(24)15-12(2)10-14(28-15)20-13(23)11-22-17(25)19(21-18(22)26)8-6-4-5-7-9-19/h10H,3-9,11H2,1-2H3,(H,20,23)(H,21,26). The molecule has 1 saturated heterocycles. The third-order valence-electron chi connectivity index (χ3n) is 5.15. The van der Waals surface area contributed by atoms with Gasteiger partial charge in [0, 0.05) is 0 Å². The third-order valence-corrected chi connectivity index (χ3v) is 6.28. The maximum absolute atomic E-state index is 12.9. The van der Waals surface area contributed by atoms with Gasteiger partial charge in [-0.2, -0.15) is 0 Å². The number of esters is 1. The molecular weight excluding hydrogens is 382 g/mol. The number of anilines is 1. The minimum atomic E-state index is -0.857. The zero-order chi connectivity index (χ0) is 20.3. The van der Waals surface area contributed by atoms with E-state index in [4.69, 9.17) is 4.74 Å². The average molecular weight is 407 g/mol. The van der Waals surface area contributed by atoms with Gasteiger partial charge in [0.1, 0.15) is 17.0 Å². The van der Waals surface area contributed by atoms with Crippen LogP contribution in [0.5, 0.6) is 0 Å². The molecule has 2 aliphatic rings. The van der Waals surface area contributed by atoms with Crippen molar-refractivity contribution in [3.05, 3.63) is 16.5 Å². The largest absolute Gasteiger partial charge is 0.462 e. The number of urea groups is 1. The van der Waals surface area contributed by atoms with Crippen LogP contribution in [0, 0.1) is 6.92 Å². The maximum atomic E-state index is 12.9. The molecule has 1 saturated carbocycles.